The highest BCUT2D eigenvalue weighted by Crippen LogP contribution is 2.25. The minimum Gasteiger partial charge on any atom is -0.455 e. The lowest BCUT2D eigenvalue weighted by molar-refractivity contribution is -0.140. The Morgan fingerprint density at radius 1 is 0.889 bits per heavy atom. The van der Waals surface area contributed by atoms with Crippen molar-refractivity contribution in [2.45, 2.75) is 6.61 Å². The van der Waals surface area contributed by atoms with Gasteiger partial charge in [0.25, 0.3) is 5.78 Å². The highest BCUT2D eigenvalue weighted by Gasteiger charge is 2.26. The maximum Gasteiger partial charge on any atom is 0.380 e. The van der Waals surface area contributed by atoms with Crippen molar-refractivity contribution in [3.05, 3.63) is 59.7 Å². The summed E-state index contributed by atoms with van der Waals surface area (Å²) in [6.07, 6.45) is 0. The maximum absolute atomic E-state index is 11.6. The van der Waals surface area contributed by atoms with Gasteiger partial charge in [0, 0.05) is 11.1 Å². The fourth-order valence-electron chi connectivity index (χ4n) is 2.06. The molecule has 0 saturated carbocycles. The first-order valence-corrected chi connectivity index (χ1v) is 5.65. The van der Waals surface area contributed by atoms with Gasteiger partial charge in [0.2, 0.25) is 0 Å². The highest BCUT2D eigenvalue weighted by molar-refractivity contribution is 6.41. The predicted molar refractivity (Wildman–Crippen MR) is 66.0 cm³/mol. The van der Waals surface area contributed by atoms with Crippen molar-refractivity contribution in [3.8, 4) is 11.1 Å². The molecule has 1 aliphatic heterocycles. The molecule has 0 aliphatic carbocycles. The normalized spacial score (nSPS) is 14.0. The van der Waals surface area contributed by atoms with E-state index < -0.39 is 11.8 Å². The fourth-order valence-corrected chi connectivity index (χ4v) is 2.06. The lowest BCUT2D eigenvalue weighted by Crippen LogP contribution is -2.24. The van der Waals surface area contributed by atoms with E-state index in [4.69, 9.17) is 4.74 Å². The van der Waals surface area contributed by atoms with E-state index in [2.05, 4.69) is 0 Å². The summed E-state index contributed by atoms with van der Waals surface area (Å²) in [5, 5.41) is 0. The Hall–Kier alpha value is -2.42. The molecule has 3 heteroatoms. The molecule has 0 fully saturated rings. The summed E-state index contributed by atoms with van der Waals surface area (Å²) in [6.45, 7) is 0.167. The number of cyclic esters (lactones) is 1. The summed E-state index contributed by atoms with van der Waals surface area (Å²) in [6, 6.07) is 15.3. The monoisotopic (exact) mass is 238 g/mol. The number of carbonyl (C=O) groups excluding carboxylic acids is 2. The molecular formula is C15H10O3. The maximum atomic E-state index is 11.6. The number of esters is 1. The Kier molecular flexibility index (Phi) is 2.45. The van der Waals surface area contributed by atoms with Crippen molar-refractivity contribution < 1.29 is 14.3 Å². The van der Waals surface area contributed by atoms with Crippen molar-refractivity contribution in [1.82, 2.24) is 0 Å². The number of Topliss-reactive ketones (excluding diaryl/α,β-unsaturated/α-hetero) is 1. The molecule has 0 saturated heterocycles. The van der Waals surface area contributed by atoms with Gasteiger partial charge in [-0.2, -0.15) is 0 Å². The molecule has 3 rings (SSSR count). The van der Waals surface area contributed by atoms with E-state index >= 15 is 0 Å². The van der Waals surface area contributed by atoms with Crippen LogP contribution in [0.15, 0.2) is 48.5 Å². The van der Waals surface area contributed by atoms with E-state index in [1.54, 1.807) is 6.07 Å². The molecule has 2 aromatic carbocycles. The van der Waals surface area contributed by atoms with Crippen LogP contribution >= 0.6 is 0 Å². The summed E-state index contributed by atoms with van der Waals surface area (Å²) in [7, 11) is 0. The van der Waals surface area contributed by atoms with Gasteiger partial charge in [0.15, 0.2) is 0 Å². The molecule has 0 amide bonds. The third-order valence-electron chi connectivity index (χ3n) is 3.00. The smallest absolute Gasteiger partial charge is 0.380 e. The van der Waals surface area contributed by atoms with Gasteiger partial charge in [-0.25, -0.2) is 4.79 Å². The second-order valence-corrected chi connectivity index (χ2v) is 4.14. The van der Waals surface area contributed by atoms with Gasteiger partial charge in [-0.3, -0.25) is 4.79 Å². The number of ether oxygens (including phenoxy) is 1. The van der Waals surface area contributed by atoms with E-state index in [1.165, 1.54) is 0 Å². The minimum atomic E-state index is -0.769. The molecule has 3 nitrogen and oxygen atoms in total. The zero-order valence-corrected chi connectivity index (χ0v) is 9.55. The molecule has 0 spiro atoms. The fraction of sp³-hybridized carbons (Fsp3) is 0.0667. The largest absolute Gasteiger partial charge is 0.455 e. The average Bonchev–Trinajstić information content (AvgIpc) is 2.44. The Balaban J connectivity index is 2.08. The molecule has 0 radical (unpaired) electrons. The Morgan fingerprint density at radius 3 is 2.44 bits per heavy atom. The third kappa shape index (κ3) is 1.70. The average molecular weight is 238 g/mol. The quantitative estimate of drug-likeness (QED) is 0.566. The first kappa shape index (κ1) is 10.7. The predicted octanol–water partition coefficient (Wildman–Crippen LogP) is 2.59. The van der Waals surface area contributed by atoms with E-state index in [0.717, 1.165) is 16.7 Å². The Morgan fingerprint density at radius 2 is 1.67 bits per heavy atom. The molecule has 1 heterocycles. The van der Waals surface area contributed by atoms with Crippen LogP contribution in [0.4, 0.5) is 0 Å². The summed E-state index contributed by atoms with van der Waals surface area (Å²) in [4.78, 5) is 22.7. The summed E-state index contributed by atoms with van der Waals surface area (Å²) < 4.78 is 4.82. The number of rotatable bonds is 1. The number of hydrogen-bond donors (Lipinski definition) is 0. The summed E-state index contributed by atoms with van der Waals surface area (Å²) in [5.41, 5.74) is 3.30. The van der Waals surface area contributed by atoms with Crippen molar-refractivity contribution in [1.29, 1.82) is 0 Å². The zero-order valence-electron chi connectivity index (χ0n) is 9.55. The lowest BCUT2D eigenvalue weighted by Gasteiger charge is -2.15. The van der Waals surface area contributed by atoms with Crippen LogP contribution in [0.25, 0.3) is 11.1 Å². The van der Waals surface area contributed by atoms with Gasteiger partial charge in [-0.15, -0.1) is 0 Å². The molecule has 0 aromatic heterocycles. The molecule has 0 atom stereocenters. The van der Waals surface area contributed by atoms with Crippen molar-refractivity contribution in [2.24, 2.45) is 0 Å². The highest BCUT2D eigenvalue weighted by atomic mass is 16.5. The van der Waals surface area contributed by atoms with E-state index in [1.807, 2.05) is 42.5 Å². The second-order valence-electron chi connectivity index (χ2n) is 4.14. The van der Waals surface area contributed by atoms with Gasteiger partial charge in [-0.05, 0) is 23.3 Å². The van der Waals surface area contributed by atoms with Crippen LogP contribution in [0.3, 0.4) is 0 Å². The number of hydrogen-bond acceptors (Lipinski definition) is 3. The summed E-state index contributed by atoms with van der Waals surface area (Å²) >= 11 is 0. The minimum absolute atomic E-state index is 0.167. The molecule has 88 valence electrons. The first-order chi connectivity index (χ1) is 8.75. The lowest BCUT2D eigenvalue weighted by atomic mass is 9.96. The van der Waals surface area contributed by atoms with Gasteiger partial charge in [0.05, 0.1) is 0 Å². The molecular weight excluding hydrogens is 228 g/mol. The molecule has 0 N–H and O–H groups in total. The van der Waals surface area contributed by atoms with E-state index in [-0.39, 0.29) is 6.61 Å². The van der Waals surface area contributed by atoms with Crippen LogP contribution < -0.4 is 0 Å². The van der Waals surface area contributed by atoms with Gasteiger partial charge in [-0.1, -0.05) is 36.4 Å². The molecule has 0 unspecified atom stereocenters. The number of ketones is 1. The van der Waals surface area contributed by atoms with Crippen LogP contribution in [0.2, 0.25) is 0 Å². The topological polar surface area (TPSA) is 43.4 Å². The molecule has 0 bridgehead atoms. The van der Waals surface area contributed by atoms with Crippen molar-refractivity contribution in [2.75, 3.05) is 0 Å². The first-order valence-electron chi connectivity index (χ1n) is 5.65. The van der Waals surface area contributed by atoms with Crippen molar-refractivity contribution >= 4 is 11.8 Å². The zero-order chi connectivity index (χ0) is 12.5. The standard InChI is InChI=1S/C15H10O3/c16-14-13-7-6-11(10-4-2-1-3-5-10)8-12(13)9-18-15(14)17/h1-8H,9H2. The second kappa shape index (κ2) is 4.11. The van der Waals surface area contributed by atoms with Crippen LogP contribution in [0, 0.1) is 0 Å². The van der Waals surface area contributed by atoms with Crippen LogP contribution in [-0.2, 0) is 16.1 Å². The van der Waals surface area contributed by atoms with E-state index in [9.17, 15) is 9.59 Å². The number of carbonyl (C=O) groups is 2. The molecule has 1 aliphatic rings. The van der Waals surface area contributed by atoms with Crippen LogP contribution in [-0.4, -0.2) is 11.8 Å². The van der Waals surface area contributed by atoms with Crippen LogP contribution in [0.5, 0.6) is 0 Å². The van der Waals surface area contributed by atoms with Gasteiger partial charge in [0.1, 0.15) is 6.61 Å². The Bertz CT molecular complexity index is 629. The SMILES string of the molecule is O=C1OCc2cc(-c3ccccc3)ccc2C1=O. The molecule has 18 heavy (non-hydrogen) atoms. The van der Waals surface area contributed by atoms with Gasteiger partial charge < -0.3 is 4.74 Å². The molecule has 2 aromatic rings. The third-order valence-corrected chi connectivity index (χ3v) is 3.00. The summed E-state index contributed by atoms with van der Waals surface area (Å²) in [5.74, 6) is -1.33. The number of fused-ring (bicyclic) bond motifs is 1. The number of benzene rings is 2. The van der Waals surface area contributed by atoms with Crippen molar-refractivity contribution in [3.63, 3.8) is 0 Å². The van der Waals surface area contributed by atoms with Crippen LogP contribution in [0.1, 0.15) is 15.9 Å². The van der Waals surface area contributed by atoms with E-state index in [0.29, 0.717) is 5.56 Å². The van der Waals surface area contributed by atoms with Gasteiger partial charge >= 0.3 is 5.97 Å². The Labute approximate surface area is 104 Å².